The van der Waals surface area contributed by atoms with Crippen molar-refractivity contribution in [3.63, 3.8) is 0 Å². The summed E-state index contributed by atoms with van der Waals surface area (Å²) < 4.78 is 6.73. The van der Waals surface area contributed by atoms with Gasteiger partial charge in [0, 0.05) is 19.0 Å². The van der Waals surface area contributed by atoms with Crippen LogP contribution in [0.4, 0.5) is 0 Å². The topological polar surface area (TPSA) is 64.2 Å². The lowest BCUT2D eigenvalue weighted by atomic mass is 9.49. The van der Waals surface area contributed by atoms with Crippen molar-refractivity contribution in [1.82, 2.24) is 9.88 Å². The Bertz CT molecular complexity index is 872. The maximum Gasteiger partial charge on any atom is 0.419 e. The Morgan fingerprint density at radius 3 is 2.48 bits per heavy atom. The standard InChI is InChI=1S/C20H24N2O3/c1-22-16-3-2-12(7-17(16)25-19(22)24)11-21-18(23)20-8-13-4-14(9-20)6-15(5-13)10-20/h2-3,7,13-15H,4-6,8-11H2,1H3,(H,21,23). The van der Waals surface area contributed by atoms with E-state index in [1.807, 2.05) is 18.2 Å². The number of benzene rings is 1. The number of oxazole rings is 1. The molecule has 4 fully saturated rings. The van der Waals surface area contributed by atoms with Gasteiger partial charge in [0.25, 0.3) is 0 Å². The van der Waals surface area contributed by atoms with E-state index in [-0.39, 0.29) is 17.1 Å². The van der Waals surface area contributed by atoms with E-state index in [0.717, 1.165) is 48.1 Å². The first-order chi connectivity index (χ1) is 12.0. The van der Waals surface area contributed by atoms with Crippen molar-refractivity contribution in [2.75, 3.05) is 0 Å². The van der Waals surface area contributed by atoms with Gasteiger partial charge >= 0.3 is 5.76 Å². The fourth-order valence-electron chi connectivity index (χ4n) is 6.05. The molecule has 0 spiro atoms. The van der Waals surface area contributed by atoms with Crippen LogP contribution in [0.1, 0.15) is 44.1 Å². The van der Waals surface area contributed by atoms with E-state index in [4.69, 9.17) is 4.42 Å². The highest BCUT2D eigenvalue weighted by molar-refractivity contribution is 5.83. The van der Waals surface area contributed by atoms with Gasteiger partial charge in [-0.15, -0.1) is 0 Å². The molecular weight excluding hydrogens is 316 g/mol. The summed E-state index contributed by atoms with van der Waals surface area (Å²) in [6, 6.07) is 5.69. The maximum absolute atomic E-state index is 13.0. The smallest absolute Gasteiger partial charge is 0.408 e. The molecule has 6 rings (SSSR count). The Morgan fingerprint density at radius 1 is 1.20 bits per heavy atom. The summed E-state index contributed by atoms with van der Waals surface area (Å²) in [4.78, 5) is 24.6. The lowest BCUT2D eigenvalue weighted by molar-refractivity contribution is -0.146. The number of hydrogen-bond acceptors (Lipinski definition) is 3. The van der Waals surface area contributed by atoms with Crippen LogP contribution in [0.25, 0.3) is 11.1 Å². The molecular formula is C20H24N2O3. The molecule has 1 aromatic heterocycles. The van der Waals surface area contributed by atoms with E-state index in [9.17, 15) is 9.59 Å². The Hall–Kier alpha value is -2.04. The average molecular weight is 340 g/mol. The molecule has 25 heavy (non-hydrogen) atoms. The van der Waals surface area contributed by atoms with Crippen LogP contribution in [0.5, 0.6) is 0 Å². The number of aryl methyl sites for hydroxylation is 1. The monoisotopic (exact) mass is 340 g/mol. The number of aromatic nitrogens is 1. The minimum absolute atomic E-state index is 0.113. The molecule has 0 unspecified atom stereocenters. The molecule has 132 valence electrons. The van der Waals surface area contributed by atoms with E-state index in [2.05, 4.69) is 5.32 Å². The van der Waals surface area contributed by atoms with Crippen molar-refractivity contribution in [2.45, 2.75) is 45.1 Å². The van der Waals surface area contributed by atoms with E-state index < -0.39 is 0 Å². The highest BCUT2D eigenvalue weighted by atomic mass is 16.4. The number of amides is 1. The third-order valence-electron chi connectivity index (χ3n) is 6.83. The maximum atomic E-state index is 13.0. The number of nitrogens with one attached hydrogen (secondary N) is 1. The molecule has 5 heteroatoms. The van der Waals surface area contributed by atoms with Crippen LogP contribution in [0, 0.1) is 23.2 Å². The number of hydrogen-bond donors (Lipinski definition) is 1. The third-order valence-corrected chi connectivity index (χ3v) is 6.83. The second-order valence-electron chi connectivity index (χ2n) is 8.61. The second kappa shape index (κ2) is 5.23. The Balaban J connectivity index is 1.33. The van der Waals surface area contributed by atoms with Crippen LogP contribution in [0.3, 0.4) is 0 Å². The van der Waals surface area contributed by atoms with Gasteiger partial charge in [-0.3, -0.25) is 9.36 Å². The summed E-state index contributed by atoms with van der Waals surface area (Å²) in [5.74, 6) is 2.19. The molecule has 2 aromatic rings. The molecule has 1 amide bonds. The van der Waals surface area contributed by atoms with Crippen LogP contribution in [0.15, 0.2) is 27.4 Å². The predicted octanol–water partition coefficient (Wildman–Crippen LogP) is 2.96. The van der Waals surface area contributed by atoms with Gasteiger partial charge in [-0.05, 0) is 74.0 Å². The number of nitrogens with zero attached hydrogens (tertiary/aromatic N) is 1. The molecule has 0 atom stereocenters. The highest BCUT2D eigenvalue weighted by Crippen LogP contribution is 2.60. The molecule has 0 radical (unpaired) electrons. The van der Waals surface area contributed by atoms with Crippen molar-refractivity contribution < 1.29 is 9.21 Å². The normalized spacial score (nSPS) is 33.1. The largest absolute Gasteiger partial charge is 0.419 e. The van der Waals surface area contributed by atoms with Crippen molar-refractivity contribution >= 4 is 17.0 Å². The summed E-state index contributed by atoms with van der Waals surface area (Å²) in [5.41, 5.74) is 2.22. The van der Waals surface area contributed by atoms with Gasteiger partial charge in [0.15, 0.2) is 5.58 Å². The summed E-state index contributed by atoms with van der Waals surface area (Å²) in [6.07, 6.45) is 7.27. The molecule has 4 aliphatic rings. The molecule has 4 aliphatic carbocycles. The summed E-state index contributed by atoms with van der Waals surface area (Å²) in [7, 11) is 1.70. The Kier molecular flexibility index (Phi) is 3.19. The first-order valence-electron chi connectivity index (χ1n) is 9.39. The van der Waals surface area contributed by atoms with Gasteiger partial charge in [-0.25, -0.2) is 4.79 Å². The zero-order valence-corrected chi connectivity index (χ0v) is 14.6. The lowest BCUT2D eigenvalue weighted by Crippen LogP contribution is -2.53. The molecule has 4 bridgehead atoms. The van der Waals surface area contributed by atoms with Crippen molar-refractivity contribution in [3.8, 4) is 0 Å². The quantitative estimate of drug-likeness (QED) is 0.934. The fourth-order valence-corrected chi connectivity index (χ4v) is 6.05. The zero-order valence-electron chi connectivity index (χ0n) is 14.6. The van der Waals surface area contributed by atoms with Crippen LogP contribution in [-0.2, 0) is 18.4 Å². The first-order valence-corrected chi connectivity index (χ1v) is 9.39. The van der Waals surface area contributed by atoms with Crippen molar-refractivity contribution in [3.05, 3.63) is 34.3 Å². The molecule has 1 heterocycles. The Labute approximate surface area is 146 Å². The van der Waals surface area contributed by atoms with Crippen LogP contribution in [-0.4, -0.2) is 10.5 Å². The summed E-state index contributed by atoms with van der Waals surface area (Å²) in [5, 5.41) is 3.18. The van der Waals surface area contributed by atoms with Crippen LogP contribution < -0.4 is 11.1 Å². The van der Waals surface area contributed by atoms with Crippen molar-refractivity contribution in [1.29, 1.82) is 0 Å². The van der Waals surface area contributed by atoms with E-state index in [0.29, 0.717) is 12.1 Å². The number of carbonyl (C=O) groups is 1. The number of carbonyl (C=O) groups excluding carboxylic acids is 1. The highest BCUT2D eigenvalue weighted by Gasteiger charge is 2.54. The molecule has 1 aromatic carbocycles. The van der Waals surface area contributed by atoms with E-state index in [1.165, 1.54) is 23.8 Å². The van der Waals surface area contributed by atoms with E-state index in [1.54, 1.807) is 7.05 Å². The third kappa shape index (κ3) is 2.35. The average Bonchev–Trinajstić information content (AvgIpc) is 2.85. The SMILES string of the molecule is Cn1c(=O)oc2cc(CNC(=O)C34CC5CC(CC(C5)C3)C4)ccc21. The van der Waals surface area contributed by atoms with Gasteiger partial charge in [-0.2, -0.15) is 0 Å². The molecule has 1 N–H and O–H groups in total. The van der Waals surface area contributed by atoms with Gasteiger partial charge in [0.1, 0.15) is 0 Å². The minimum atomic E-state index is -0.357. The van der Waals surface area contributed by atoms with Gasteiger partial charge in [0.05, 0.1) is 5.52 Å². The number of rotatable bonds is 3. The second-order valence-corrected chi connectivity index (χ2v) is 8.61. The lowest BCUT2D eigenvalue weighted by Gasteiger charge is -2.55. The van der Waals surface area contributed by atoms with Crippen LogP contribution >= 0.6 is 0 Å². The molecule has 4 saturated carbocycles. The zero-order chi connectivity index (χ0) is 17.2. The summed E-state index contributed by atoms with van der Waals surface area (Å²) >= 11 is 0. The van der Waals surface area contributed by atoms with Gasteiger partial charge in [-0.1, -0.05) is 6.07 Å². The minimum Gasteiger partial charge on any atom is -0.408 e. The predicted molar refractivity (Wildman–Crippen MR) is 93.9 cm³/mol. The Morgan fingerprint density at radius 2 is 1.84 bits per heavy atom. The van der Waals surface area contributed by atoms with Gasteiger partial charge in [0.2, 0.25) is 5.91 Å². The molecule has 0 saturated heterocycles. The molecule has 0 aliphatic heterocycles. The number of fused-ring (bicyclic) bond motifs is 1. The van der Waals surface area contributed by atoms with E-state index >= 15 is 0 Å². The first kappa shape index (κ1) is 15.2. The van der Waals surface area contributed by atoms with Gasteiger partial charge < -0.3 is 9.73 Å². The van der Waals surface area contributed by atoms with Crippen molar-refractivity contribution in [2.24, 2.45) is 30.2 Å². The fraction of sp³-hybridized carbons (Fsp3) is 0.600. The van der Waals surface area contributed by atoms with Crippen LogP contribution in [0.2, 0.25) is 0 Å². The summed E-state index contributed by atoms with van der Waals surface area (Å²) in [6.45, 7) is 0.495. The molecule has 5 nitrogen and oxygen atoms in total.